The molecule has 1 N–H and O–H groups in total. The average molecular weight is 573 g/mol. The third-order valence-electron chi connectivity index (χ3n) is 3.45. The van der Waals surface area contributed by atoms with Crippen molar-refractivity contribution < 1.29 is 4.39 Å². The molecule has 1 rings (SSSR count). The Balaban J connectivity index is 3.40. The van der Waals surface area contributed by atoms with E-state index >= 15 is 0 Å². The SMILES string of the molecule is C=C/C=C\C=C/I(CC)N=C(C=C(NC)c1ccccc1F)N(C)/N=C\C(=C)Br. The van der Waals surface area contributed by atoms with Crippen molar-refractivity contribution in [2.45, 2.75) is 6.92 Å². The van der Waals surface area contributed by atoms with E-state index in [2.05, 4.69) is 50.5 Å². The van der Waals surface area contributed by atoms with E-state index < -0.39 is 20.1 Å². The molecule has 0 aliphatic rings. The number of amidine groups is 1. The van der Waals surface area contributed by atoms with Crippen molar-refractivity contribution in [1.29, 1.82) is 0 Å². The topological polar surface area (TPSA) is 40.0 Å². The molecule has 0 spiro atoms. The molecule has 0 heterocycles. The number of halogens is 3. The van der Waals surface area contributed by atoms with Crippen LogP contribution in [-0.4, -0.2) is 35.6 Å². The average Bonchev–Trinajstić information content (AvgIpc) is 2.71. The molecule has 0 aliphatic carbocycles. The zero-order valence-corrected chi connectivity index (χ0v) is 20.7. The summed E-state index contributed by atoms with van der Waals surface area (Å²) in [6.45, 7) is 9.55. The number of likely N-dealkylation sites (N-methyl/N-ethyl adjacent to an activating group) is 1. The molecule has 0 amide bonds. The Hall–Kier alpha value is -2.00. The first-order valence-electron chi connectivity index (χ1n) is 8.88. The summed E-state index contributed by atoms with van der Waals surface area (Å²) >= 11 is 1.49. The first kappa shape index (κ1) is 25.0. The molecule has 0 fully saturated rings. The van der Waals surface area contributed by atoms with E-state index in [4.69, 9.17) is 3.21 Å². The van der Waals surface area contributed by atoms with E-state index in [1.165, 1.54) is 6.07 Å². The standard InChI is InChI=1S/C22H27BrFIN4/c1-6-8-9-12-15-25(7-2)28-22(29(5)27-17-18(3)23)16-21(26-4)19-13-10-11-14-20(19)24/h6,8-17,26H,1,3,7H2,2,4-5H3/b9-8-,15-12-,21-16?,27-17-,28-22?. The summed E-state index contributed by atoms with van der Waals surface area (Å²) in [5.41, 5.74) is 1.11. The molecule has 156 valence electrons. The molecule has 0 bridgehead atoms. The van der Waals surface area contributed by atoms with Gasteiger partial charge < -0.3 is 0 Å². The fraction of sp³-hybridized carbons (Fsp3) is 0.182. The summed E-state index contributed by atoms with van der Waals surface area (Å²) in [5, 5.41) is 9.10. The van der Waals surface area contributed by atoms with E-state index in [0.29, 0.717) is 21.6 Å². The van der Waals surface area contributed by atoms with Crippen LogP contribution in [0.2, 0.25) is 0 Å². The summed E-state index contributed by atoms with van der Waals surface area (Å²) in [6, 6.07) is 6.64. The van der Waals surface area contributed by atoms with Gasteiger partial charge in [-0.05, 0) is 0 Å². The Kier molecular flexibility index (Phi) is 12.1. The van der Waals surface area contributed by atoms with Crippen LogP contribution in [0.4, 0.5) is 4.39 Å². The first-order valence-corrected chi connectivity index (χ1v) is 13.4. The summed E-state index contributed by atoms with van der Waals surface area (Å²) in [6.07, 6.45) is 11.0. The van der Waals surface area contributed by atoms with Crippen molar-refractivity contribution in [1.82, 2.24) is 10.3 Å². The van der Waals surface area contributed by atoms with E-state index in [1.807, 2.05) is 31.4 Å². The molecule has 0 unspecified atom stereocenters. The Labute approximate surface area is 189 Å². The fourth-order valence-electron chi connectivity index (χ4n) is 2.03. The minimum atomic E-state index is -1.78. The van der Waals surface area contributed by atoms with Gasteiger partial charge in [-0.3, -0.25) is 0 Å². The van der Waals surface area contributed by atoms with Gasteiger partial charge in [-0.2, -0.15) is 0 Å². The molecule has 0 atom stereocenters. The Bertz CT molecular complexity index is 843. The van der Waals surface area contributed by atoms with Crippen LogP contribution < -0.4 is 5.32 Å². The van der Waals surface area contributed by atoms with Crippen LogP contribution in [0.1, 0.15) is 12.5 Å². The first-order chi connectivity index (χ1) is 13.9. The quantitative estimate of drug-likeness (QED) is 0.0891. The predicted octanol–water partition coefficient (Wildman–Crippen LogP) is 6.31. The maximum absolute atomic E-state index is 14.3. The second-order valence-electron chi connectivity index (χ2n) is 5.52. The Morgan fingerprint density at radius 1 is 1.31 bits per heavy atom. The van der Waals surface area contributed by atoms with Crippen LogP contribution in [0.5, 0.6) is 0 Å². The van der Waals surface area contributed by atoms with Crippen LogP contribution in [-0.2, 0) is 0 Å². The van der Waals surface area contributed by atoms with Gasteiger partial charge in [0.25, 0.3) is 0 Å². The Morgan fingerprint density at radius 3 is 2.62 bits per heavy atom. The number of hydrogen-bond donors (Lipinski definition) is 1. The van der Waals surface area contributed by atoms with Crippen molar-refractivity contribution in [3.8, 4) is 0 Å². The van der Waals surface area contributed by atoms with Gasteiger partial charge >= 0.3 is 190 Å². The number of rotatable bonds is 10. The van der Waals surface area contributed by atoms with Crippen LogP contribution in [0.3, 0.4) is 0 Å². The van der Waals surface area contributed by atoms with E-state index in [0.717, 1.165) is 4.43 Å². The van der Waals surface area contributed by atoms with Gasteiger partial charge in [0.2, 0.25) is 0 Å². The molecule has 29 heavy (non-hydrogen) atoms. The minimum absolute atomic E-state index is 0.298. The number of nitrogens with one attached hydrogen (secondary N) is 1. The van der Waals surface area contributed by atoms with Gasteiger partial charge in [-0.1, -0.05) is 0 Å². The van der Waals surface area contributed by atoms with Crippen LogP contribution in [0.25, 0.3) is 5.70 Å². The van der Waals surface area contributed by atoms with Crippen molar-refractivity contribution in [3.63, 3.8) is 0 Å². The molecule has 1 aromatic rings. The van der Waals surface area contributed by atoms with Crippen molar-refractivity contribution >= 4 is 53.8 Å². The predicted molar refractivity (Wildman–Crippen MR) is 138 cm³/mol. The summed E-state index contributed by atoms with van der Waals surface area (Å²) in [5.74, 6) is 0.347. The third-order valence-corrected chi connectivity index (χ3v) is 7.58. The van der Waals surface area contributed by atoms with Crippen molar-refractivity contribution in [2.75, 3.05) is 18.5 Å². The zero-order valence-electron chi connectivity index (χ0n) is 16.9. The molecule has 4 nitrogen and oxygen atoms in total. The zero-order chi connectivity index (χ0) is 21.6. The Morgan fingerprint density at radius 2 is 2.03 bits per heavy atom. The monoisotopic (exact) mass is 572 g/mol. The number of benzene rings is 1. The molecular formula is C22H27BrFIN4. The van der Waals surface area contributed by atoms with Gasteiger partial charge in [0.1, 0.15) is 0 Å². The summed E-state index contributed by atoms with van der Waals surface area (Å²) < 4.78 is 23.0. The fourth-order valence-corrected chi connectivity index (χ4v) is 4.94. The third kappa shape index (κ3) is 9.36. The second-order valence-corrected chi connectivity index (χ2v) is 11.4. The normalized spacial score (nSPS) is 13.3. The molecule has 1 aromatic carbocycles. The molecular weight excluding hydrogens is 546 g/mol. The number of allylic oxidation sites excluding steroid dienone is 5. The van der Waals surface area contributed by atoms with Crippen LogP contribution in [0, 0.1) is 5.82 Å². The molecule has 0 aliphatic heterocycles. The van der Waals surface area contributed by atoms with E-state index in [-0.39, 0.29) is 5.82 Å². The molecule has 0 saturated carbocycles. The van der Waals surface area contributed by atoms with Crippen molar-refractivity contribution in [2.24, 2.45) is 8.31 Å². The maximum atomic E-state index is 14.3. The number of alkyl halides is 1. The van der Waals surface area contributed by atoms with Gasteiger partial charge in [0.05, 0.1) is 0 Å². The number of nitrogens with zero attached hydrogens (tertiary/aromatic N) is 3. The molecule has 7 heteroatoms. The van der Waals surface area contributed by atoms with E-state index in [1.54, 1.807) is 42.5 Å². The number of hydrazone groups is 1. The summed E-state index contributed by atoms with van der Waals surface area (Å²) in [7, 11) is 3.57. The van der Waals surface area contributed by atoms with Gasteiger partial charge in [-0.15, -0.1) is 0 Å². The second kappa shape index (κ2) is 14.1. The van der Waals surface area contributed by atoms with Gasteiger partial charge in [0.15, 0.2) is 0 Å². The molecule has 0 radical (unpaired) electrons. The van der Waals surface area contributed by atoms with Crippen LogP contribution in [0.15, 0.2) is 84.7 Å². The van der Waals surface area contributed by atoms with Gasteiger partial charge in [-0.25, -0.2) is 0 Å². The van der Waals surface area contributed by atoms with E-state index in [9.17, 15) is 4.39 Å². The van der Waals surface area contributed by atoms with Gasteiger partial charge in [0, 0.05) is 0 Å². The molecule has 0 saturated heterocycles. The van der Waals surface area contributed by atoms with Crippen molar-refractivity contribution in [3.05, 3.63) is 87.7 Å². The number of hydrogen-bond acceptors (Lipinski definition) is 3. The molecule has 0 aromatic heterocycles. The summed E-state index contributed by atoms with van der Waals surface area (Å²) in [4.78, 5) is 0. The van der Waals surface area contributed by atoms with Crippen LogP contribution >= 0.6 is 36.0 Å².